The number of amides is 1. The summed E-state index contributed by atoms with van der Waals surface area (Å²) in [6.45, 7) is 5.30. The van der Waals surface area contributed by atoms with Crippen LogP contribution in [0.5, 0.6) is 0 Å². The quantitative estimate of drug-likeness (QED) is 0.230. The lowest BCUT2D eigenvalue weighted by molar-refractivity contribution is -0.127. The molecule has 9 heteroatoms. The molecule has 1 aliphatic heterocycles. The van der Waals surface area contributed by atoms with Crippen LogP contribution in [-0.2, 0) is 4.79 Å². The molecule has 0 unspecified atom stereocenters. The third-order valence-corrected chi connectivity index (χ3v) is 5.57. The largest absolute Gasteiger partial charge is 0.375 e. The van der Waals surface area contributed by atoms with E-state index in [1.807, 2.05) is 30.5 Å². The number of nitrogens with one attached hydrogen (secondary N) is 1. The number of hydrogen-bond donors (Lipinski definition) is 1. The summed E-state index contributed by atoms with van der Waals surface area (Å²) < 4.78 is 0. The lowest BCUT2D eigenvalue weighted by Gasteiger charge is -2.37. The van der Waals surface area contributed by atoms with Crippen LogP contribution < -0.4 is 15.1 Å². The zero-order valence-corrected chi connectivity index (χ0v) is 22.2. The second-order valence-electron chi connectivity index (χ2n) is 8.13. The number of carbonyl (C=O) groups is 1. The van der Waals surface area contributed by atoms with Crippen LogP contribution in [0.25, 0.3) is 0 Å². The summed E-state index contributed by atoms with van der Waals surface area (Å²) in [5.74, 6) is 1.81. The highest BCUT2D eigenvalue weighted by Crippen LogP contribution is 2.13. The van der Waals surface area contributed by atoms with Gasteiger partial charge < -0.3 is 24.9 Å². The first-order valence-electron chi connectivity index (χ1n) is 11.2. The van der Waals surface area contributed by atoms with Crippen LogP contribution in [0.3, 0.4) is 0 Å². The molecular formula is C24H36IN7O. The van der Waals surface area contributed by atoms with Gasteiger partial charge in [0.1, 0.15) is 12.4 Å². The normalized spacial score (nSPS) is 13.8. The van der Waals surface area contributed by atoms with Gasteiger partial charge in [0.05, 0.1) is 0 Å². The van der Waals surface area contributed by atoms with E-state index in [9.17, 15) is 4.79 Å². The maximum absolute atomic E-state index is 12.1. The minimum absolute atomic E-state index is 0. The van der Waals surface area contributed by atoms with Crippen molar-refractivity contribution in [2.45, 2.75) is 6.42 Å². The van der Waals surface area contributed by atoms with Crippen molar-refractivity contribution in [2.24, 2.45) is 4.99 Å². The number of pyridine rings is 1. The molecule has 0 spiro atoms. The molecule has 1 aliphatic rings. The molecule has 0 radical (unpaired) electrons. The van der Waals surface area contributed by atoms with Crippen molar-refractivity contribution in [1.29, 1.82) is 0 Å². The van der Waals surface area contributed by atoms with Crippen molar-refractivity contribution in [3.63, 3.8) is 0 Å². The summed E-state index contributed by atoms with van der Waals surface area (Å²) in [5, 5.41) is 3.49. The van der Waals surface area contributed by atoms with E-state index < -0.39 is 0 Å². The molecule has 1 fully saturated rings. The number of halogens is 1. The third-order valence-electron chi connectivity index (χ3n) is 5.57. The molecule has 0 saturated carbocycles. The number of rotatable bonds is 8. The number of aliphatic imine (C=N–C) groups is 1. The van der Waals surface area contributed by atoms with E-state index in [4.69, 9.17) is 0 Å². The molecule has 0 atom stereocenters. The fraction of sp³-hybridized carbons (Fsp3) is 0.458. The zero-order chi connectivity index (χ0) is 22.8. The molecule has 33 heavy (non-hydrogen) atoms. The van der Waals surface area contributed by atoms with E-state index in [0.29, 0.717) is 0 Å². The van der Waals surface area contributed by atoms with Crippen LogP contribution in [0.1, 0.15) is 6.42 Å². The molecule has 1 amide bonds. The van der Waals surface area contributed by atoms with E-state index in [1.54, 1.807) is 19.0 Å². The molecule has 0 bridgehead atoms. The Balaban J connectivity index is 0.00000385. The first kappa shape index (κ1) is 26.7. The highest BCUT2D eigenvalue weighted by Gasteiger charge is 2.21. The van der Waals surface area contributed by atoms with Gasteiger partial charge in [0.2, 0.25) is 5.91 Å². The molecule has 1 aromatic carbocycles. The van der Waals surface area contributed by atoms with Gasteiger partial charge in [-0.3, -0.25) is 4.79 Å². The number of aromatic nitrogens is 1. The minimum atomic E-state index is 0. The topological polar surface area (TPSA) is 67.3 Å². The van der Waals surface area contributed by atoms with Crippen LogP contribution in [-0.4, -0.2) is 93.6 Å². The van der Waals surface area contributed by atoms with Crippen LogP contribution in [0, 0.1) is 0 Å². The first-order chi connectivity index (χ1) is 15.5. The van der Waals surface area contributed by atoms with Crippen LogP contribution in [0.2, 0.25) is 0 Å². The van der Waals surface area contributed by atoms with Crippen molar-refractivity contribution in [3.05, 3.63) is 54.7 Å². The van der Waals surface area contributed by atoms with Gasteiger partial charge in [-0.25, -0.2) is 9.98 Å². The third kappa shape index (κ3) is 8.38. The minimum Gasteiger partial charge on any atom is -0.375 e. The predicted octanol–water partition coefficient (Wildman–Crippen LogP) is 2.38. The molecule has 8 nitrogen and oxygen atoms in total. The van der Waals surface area contributed by atoms with Crippen molar-refractivity contribution in [3.8, 4) is 0 Å². The number of para-hydroxylation sites is 1. The molecule has 1 N–H and O–H groups in total. The molecule has 1 saturated heterocycles. The Kier molecular flexibility index (Phi) is 11.2. The summed E-state index contributed by atoms with van der Waals surface area (Å²) in [4.78, 5) is 29.5. The average molecular weight is 566 g/mol. The van der Waals surface area contributed by atoms with E-state index >= 15 is 0 Å². The molecule has 2 aromatic rings. The van der Waals surface area contributed by atoms with Gasteiger partial charge in [-0.05, 0) is 30.7 Å². The highest BCUT2D eigenvalue weighted by molar-refractivity contribution is 14.0. The van der Waals surface area contributed by atoms with Gasteiger partial charge in [0, 0.05) is 72.3 Å². The highest BCUT2D eigenvalue weighted by atomic mass is 127. The van der Waals surface area contributed by atoms with Crippen molar-refractivity contribution in [2.75, 3.05) is 76.8 Å². The lowest BCUT2D eigenvalue weighted by atomic mass is 10.3. The van der Waals surface area contributed by atoms with Gasteiger partial charge in [-0.1, -0.05) is 24.3 Å². The summed E-state index contributed by atoms with van der Waals surface area (Å²) in [6, 6.07) is 16.4. The molecular weight excluding hydrogens is 529 g/mol. The number of carbonyl (C=O) groups excluding carboxylic acids is 1. The maximum atomic E-state index is 12.1. The molecule has 1 aromatic heterocycles. The van der Waals surface area contributed by atoms with Gasteiger partial charge in [0.15, 0.2) is 5.96 Å². The number of anilines is 2. The van der Waals surface area contributed by atoms with E-state index in [-0.39, 0.29) is 36.4 Å². The molecule has 0 aliphatic carbocycles. The Labute approximate surface area is 214 Å². The smallest absolute Gasteiger partial charge is 0.243 e. The summed E-state index contributed by atoms with van der Waals surface area (Å²) in [6.07, 6.45) is 2.80. The number of guanidine groups is 1. The summed E-state index contributed by atoms with van der Waals surface area (Å²) >= 11 is 0. The average Bonchev–Trinajstić information content (AvgIpc) is 2.84. The van der Waals surface area contributed by atoms with Crippen molar-refractivity contribution < 1.29 is 4.79 Å². The Morgan fingerprint density at radius 2 is 1.73 bits per heavy atom. The van der Waals surface area contributed by atoms with E-state index in [2.05, 4.69) is 61.3 Å². The molecule has 2 heterocycles. The Hall–Kier alpha value is -2.56. The first-order valence-corrected chi connectivity index (χ1v) is 11.2. The summed E-state index contributed by atoms with van der Waals surface area (Å²) in [7, 11) is 5.63. The lowest BCUT2D eigenvalue weighted by Crippen LogP contribution is -2.53. The SMILES string of the molecule is CN(C)C(=O)CN=C(NCCCN(C)c1ccccc1)N1CCN(c2ccccn2)CC1.I. The number of piperazine rings is 1. The van der Waals surface area contributed by atoms with Crippen molar-refractivity contribution >= 4 is 47.3 Å². The summed E-state index contributed by atoms with van der Waals surface area (Å²) in [5.41, 5.74) is 1.21. The van der Waals surface area contributed by atoms with Gasteiger partial charge in [-0.2, -0.15) is 0 Å². The second-order valence-corrected chi connectivity index (χ2v) is 8.13. The fourth-order valence-electron chi connectivity index (χ4n) is 3.57. The Morgan fingerprint density at radius 3 is 2.36 bits per heavy atom. The number of nitrogens with zero attached hydrogens (tertiary/aromatic N) is 6. The molecule has 180 valence electrons. The predicted molar refractivity (Wildman–Crippen MR) is 147 cm³/mol. The number of likely N-dealkylation sites (N-methyl/N-ethyl adjacent to an activating group) is 1. The standard InChI is InChI=1S/C24H35N7O.HI/c1-28(2)23(32)20-27-24(26-14-9-15-29(3)21-10-5-4-6-11-21)31-18-16-30(17-19-31)22-12-7-8-13-25-22;/h4-8,10-13H,9,14-20H2,1-3H3,(H,26,27);1H. The number of hydrogen-bond acceptors (Lipinski definition) is 5. The Morgan fingerprint density at radius 1 is 1.03 bits per heavy atom. The second kappa shape index (κ2) is 13.9. The van der Waals surface area contributed by atoms with Crippen LogP contribution >= 0.6 is 24.0 Å². The van der Waals surface area contributed by atoms with Gasteiger partial charge in [0.25, 0.3) is 0 Å². The number of benzene rings is 1. The fourth-order valence-corrected chi connectivity index (χ4v) is 3.57. The van der Waals surface area contributed by atoms with Crippen LogP contribution in [0.15, 0.2) is 59.7 Å². The molecule has 3 rings (SSSR count). The van der Waals surface area contributed by atoms with E-state index in [1.165, 1.54) is 5.69 Å². The van der Waals surface area contributed by atoms with Crippen LogP contribution in [0.4, 0.5) is 11.5 Å². The van der Waals surface area contributed by atoms with Gasteiger partial charge in [-0.15, -0.1) is 24.0 Å². The maximum Gasteiger partial charge on any atom is 0.243 e. The van der Waals surface area contributed by atoms with Crippen molar-refractivity contribution in [1.82, 2.24) is 20.1 Å². The van der Waals surface area contributed by atoms with E-state index in [0.717, 1.165) is 57.5 Å². The van der Waals surface area contributed by atoms with Gasteiger partial charge >= 0.3 is 0 Å². The zero-order valence-electron chi connectivity index (χ0n) is 19.9. The monoisotopic (exact) mass is 565 g/mol. The Bertz CT molecular complexity index is 856.